The molecule has 104 valence electrons. The molecule has 0 heterocycles. The Morgan fingerprint density at radius 2 is 1.95 bits per heavy atom. The van der Waals surface area contributed by atoms with Crippen LogP contribution in [0.15, 0.2) is 22.7 Å². The Labute approximate surface area is 119 Å². The van der Waals surface area contributed by atoms with Gasteiger partial charge < -0.3 is 9.47 Å². The fourth-order valence-corrected chi connectivity index (χ4v) is 1.62. The maximum Gasteiger partial charge on any atom is 0.425 e. The van der Waals surface area contributed by atoms with Crippen molar-refractivity contribution < 1.29 is 19.1 Å². The second-order valence-electron chi connectivity index (χ2n) is 3.88. The average molecular weight is 331 g/mol. The van der Waals surface area contributed by atoms with Gasteiger partial charge in [0, 0.05) is 4.47 Å². The zero-order valence-electron chi connectivity index (χ0n) is 10.8. The number of ether oxygens (including phenoxy) is 2. The van der Waals surface area contributed by atoms with E-state index < -0.39 is 12.0 Å². The fourth-order valence-electron chi connectivity index (χ4n) is 1.26. The summed E-state index contributed by atoms with van der Waals surface area (Å²) in [6.45, 7) is 3.72. The maximum atomic E-state index is 11.9. The van der Waals surface area contributed by atoms with Crippen molar-refractivity contribution in [2.24, 2.45) is 0 Å². The second kappa shape index (κ2) is 6.98. The molecule has 0 spiro atoms. The van der Waals surface area contributed by atoms with Gasteiger partial charge in [-0.3, -0.25) is 10.2 Å². The molecule has 0 radical (unpaired) electrons. The van der Waals surface area contributed by atoms with E-state index in [-0.39, 0.29) is 6.10 Å². The highest BCUT2D eigenvalue weighted by molar-refractivity contribution is 9.10. The molecule has 19 heavy (non-hydrogen) atoms. The first kappa shape index (κ1) is 15.3. The third-order valence-corrected chi connectivity index (χ3v) is 2.51. The fraction of sp³-hybridized carbons (Fsp3) is 0.333. The first-order valence-corrected chi connectivity index (χ1v) is 6.34. The molecule has 0 aliphatic heterocycles. The number of hydrazine groups is 1. The van der Waals surface area contributed by atoms with Gasteiger partial charge in [0.05, 0.1) is 18.8 Å². The van der Waals surface area contributed by atoms with Crippen molar-refractivity contribution in [2.45, 2.75) is 20.0 Å². The quantitative estimate of drug-likeness (QED) is 0.833. The van der Waals surface area contributed by atoms with Gasteiger partial charge in [-0.1, -0.05) is 15.9 Å². The minimum Gasteiger partial charge on any atom is -0.490 e. The highest BCUT2D eigenvalue weighted by Gasteiger charge is 2.15. The molecule has 1 aromatic carbocycles. The minimum absolute atomic E-state index is 0.0682. The van der Waals surface area contributed by atoms with E-state index in [0.29, 0.717) is 11.3 Å². The highest BCUT2D eigenvalue weighted by Crippen LogP contribution is 2.24. The molecule has 0 aliphatic rings. The first-order chi connectivity index (χ1) is 8.93. The van der Waals surface area contributed by atoms with Gasteiger partial charge >= 0.3 is 6.09 Å². The van der Waals surface area contributed by atoms with Crippen molar-refractivity contribution in [3.8, 4) is 5.75 Å². The molecule has 2 amide bonds. The molecule has 0 unspecified atom stereocenters. The number of carbonyl (C=O) groups is 2. The van der Waals surface area contributed by atoms with E-state index in [4.69, 9.17) is 4.74 Å². The van der Waals surface area contributed by atoms with Crippen LogP contribution in [0.4, 0.5) is 4.79 Å². The van der Waals surface area contributed by atoms with Gasteiger partial charge in [-0.2, -0.15) is 0 Å². The molecule has 7 heteroatoms. The van der Waals surface area contributed by atoms with Crippen LogP contribution in [0, 0.1) is 0 Å². The molecule has 6 nitrogen and oxygen atoms in total. The molecule has 0 atom stereocenters. The standard InChI is InChI=1S/C12H15BrN2O4/c1-7(2)19-10-5-4-8(13)6-9(10)11(16)14-15-12(17)18-3/h4-7H,1-3H3,(H,14,16)(H,15,17). The number of nitrogens with one attached hydrogen (secondary N) is 2. The Morgan fingerprint density at radius 1 is 1.26 bits per heavy atom. The van der Waals surface area contributed by atoms with Crippen molar-refractivity contribution >= 4 is 27.9 Å². The molecule has 0 saturated carbocycles. The number of halogens is 1. The normalized spacial score (nSPS) is 9.95. The lowest BCUT2D eigenvalue weighted by Gasteiger charge is -2.14. The first-order valence-electron chi connectivity index (χ1n) is 5.54. The maximum absolute atomic E-state index is 11.9. The van der Waals surface area contributed by atoms with Gasteiger partial charge in [0.1, 0.15) is 5.75 Å². The smallest absolute Gasteiger partial charge is 0.425 e. The predicted octanol–water partition coefficient (Wildman–Crippen LogP) is 2.24. The number of rotatable bonds is 3. The van der Waals surface area contributed by atoms with Gasteiger partial charge in [0.15, 0.2) is 0 Å². The summed E-state index contributed by atoms with van der Waals surface area (Å²) in [6.07, 6.45) is -0.823. The number of methoxy groups -OCH3 is 1. The van der Waals surface area contributed by atoms with Crippen molar-refractivity contribution in [3.63, 3.8) is 0 Å². The zero-order valence-corrected chi connectivity index (χ0v) is 12.4. The molecule has 1 aromatic rings. The van der Waals surface area contributed by atoms with E-state index in [1.807, 2.05) is 13.8 Å². The van der Waals surface area contributed by atoms with E-state index in [9.17, 15) is 9.59 Å². The topological polar surface area (TPSA) is 76.7 Å². The summed E-state index contributed by atoms with van der Waals surface area (Å²) in [5, 5.41) is 0. The van der Waals surface area contributed by atoms with Crippen molar-refractivity contribution in [2.75, 3.05) is 7.11 Å². The van der Waals surface area contributed by atoms with Crippen LogP contribution in [0.1, 0.15) is 24.2 Å². The molecule has 0 aromatic heterocycles. The van der Waals surface area contributed by atoms with E-state index in [0.717, 1.165) is 4.47 Å². The van der Waals surface area contributed by atoms with Crippen LogP contribution < -0.4 is 15.6 Å². The zero-order chi connectivity index (χ0) is 14.4. The van der Waals surface area contributed by atoms with E-state index in [2.05, 4.69) is 31.5 Å². The lowest BCUT2D eigenvalue weighted by Crippen LogP contribution is -2.41. The Bertz CT molecular complexity index is 477. The Balaban J connectivity index is 2.87. The molecule has 0 saturated heterocycles. The Hall–Kier alpha value is -1.76. The lowest BCUT2D eigenvalue weighted by molar-refractivity contribution is 0.0914. The Morgan fingerprint density at radius 3 is 2.53 bits per heavy atom. The van der Waals surface area contributed by atoms with Crippen molar-refractivity contribution in [3.05, 3.63) is 28.2 Å². The predicted molar refractivity (Wildman–Crippen MR) is 72.9 cm³/mol. The van der Waals surface area contributed by atoms with E-state index in [1.54, 1.807) is 18.2 Å². The largest absolute Gasteiger partial charge is 0.490 e. The van der Waals surface area contributed by atoms with Gasteiger partial charge in [0.2, 0.25) is 0 Å². The summed E-state index contributed by atoms with van der Waals surface area (Å²) in [4.78, 5) is 22.8. The van der Waals surface area contributed by atoms with Gasteiger partial charge in [0.25, 0.3) is 5.91 Å². The molecular formula is C12H15BrN2O4. The molecule has 1 rings (SSSR count). The van der Waals surface area contributed by atoms with E-state index >= 15 is 0 Å². The summed E-state index contributed by atoms with van der Waals surface area (Å²) in [6, 6.07) is 5.05. The lowest BCUT2D eigenvalue weighted by atomic mass is 10.2. The summed E-state index contributed by atoms with van der Waals surface area (Å²) in [5.74, 6) is -0.0651. The molecular weight excluding hydrogens is 316 g/mol. The monoisotopic (exact) mass is 330 g/mol. The minimum atomic E-state index is -0.755. The Kier molecular flexibility index (Phi) is 5.62. The van der Waals surface area contributed by atoms with Gasteiger partial charge in [-0.25, -0.2) is 10.2 Å². The second-order valence-corrected chi connectivity index (χ2v) is 4.79. The molecule has 0 fully saturated rings. The third-order valence-electron chi connectivity index (χ3n) is 2.01. The van der Waals surface area contributed by atoms with Crippen LogP contribution in [-0.2, 0) is 4.74 Å². The number of amides is 2. The summed E-state index contributed by atoms with van der Waals surface area (Å²) in [5.41, 5.74) is 4.63. The average Bonchev–Trinajstić information content (AvgIpc) is 2.37. The number of benzene rings is 1. The van der Waals surface area contributed by atoms with Crippen LogP contribution in [0.5, 0.6) is 5.75 Å². The van der Waals surface area contributed by atoms with Crippen LogP contribution >= 0.6 is 15.9 Å². The number of hydrogen-bond acceptors (Lipinski definition) is 4. The molecule has 2 N–H and O–H groups in total. The van der Waals surface area contributed by atoms with Crippen LogP contribution in [0.2, 0.25) is 0 Å². The number of carbonyl (C=O) groups excluding carboxylic acids is 2. The van der Waals surface area contributed by atoms with Gasteiger partial charge in [-0.05, 0) is 32.0 Å². The van der Waals surface area contributed by atoms with Crippen molar-refractivity contribution in [1.29, 1.82) is 0 Å². The van der Waals surface area contributed by atoms with Gasteiger partial charge in [-0.15, -0.1) is 0 Å². The van der Waals surface area contributed by atoms with Crippen LogP contribution in [-0.4, -0.2) is 25.2 Å². The third kappa shape index (κ3) is 4.78. The van der Waals surface area contributed by atoms with Crippen LogP contribution in [0.3, 0.4) is 0 Å². The summed E-state index contributed by atoms with van der Waals surface area (Å²) in [7, 11) is 1.20. The van der Waals surface area contributed by atoms with E-state index in [1.165, 1.54) is 7.11 Å². The van der Waals surface area contributed by atoms with Crippen LogP contribution in [0.25, 0.3) is 0 Å². The SMILES string of the molecule is COC(=O)NNC(=O)c1cc(Br)ccc1OC(C)C. The summed E-state index contributed by atoms with van der Waals surface area (Å²) < 4.78 is 10.6. The molecule has 0 bridgehead atoms. The molecule has 0 aliphatic carbocycles. The number of hydrogen-bond donors (Lipinski definition) is 2. The van der Waals surface area contributed by atoms with Crippen molar-refractivity contribution in [1.82, 2.24) is 10.9 Å². The highest BCUT2D eigenvalue weighted by atomic mass is 79.9. The summed E-state index contributed by atoms with van der Waals surface area (Å²) >= 11 is 3.28.